The number of carboxylic acid groups (broad SMARTS) is 1. The first-order valence-electron chi connectivity index (χ1n) is 8.62. The molecule has 0 aliphatic carbocycles. The molecular weight excluding hydrogens is 330 g/mol. The first-order chi connectivity index (χ1) is 12.7. The molecule has 1 saturated heterocycles. The average Bonchev–Trinajstić information content (AvgIpc) is 3.23. The van der Waals surface area contributed by atoms with Crippen LogP contribution in [0.5, 0.6) is 0 Å². The Morgan fingerprint density at radius 2 is 1.96 bits per heavy atom. The summed E-state index contributed by atoms with van der Waals surface area (Å²) in [6.07, 6.45) is 6.67. The van der Waals surface area contributed by atoms with Crippen LogP contribution >= 0.6 is 0 Å². The van der Waals surface area contributed by atoms with Crippen molar-refractivity contribution in [1.82, 2.24) is 19.7 Å². The van der Waals surface area contributed by atoms with E-state index >= 15 is 0 Å². The topological polar surface area (TPSA) is 84.1 Å². The normalized spacial score (nSPS) is 15.2. The zero-order chi connectivity index (χ0) is 17.9. The number of carbonyl (C=O) groups is 1. The maximum Gasteiger partial charge on any atom is 0.306 e. The summed E-state index contributed by atoms with van der Waals surface area (Å²) in [4.78, 5) is 22.3. The highest BCUT2D eigenvalue weighted by Gasteiger charge is 2.25. The molecule has 0 radical (unpaired) electrons. The second-order valence-electron chi connectivity index (χ2n) is 6.34. The number of anilines is 1. The summed E-state index contributed by atoms with van der Waals surface area (Å²) in [6, 6.07) is 11.7. The first kappa shape index (κ1) is 16.3. The summed E-state index contributed by atoms with van der Waals surface area (Å²) in [6.45, 7) is 1.39. The van der Waals surface area contributed by atoms with Crippen molar-refractivity contribution in [3.63, 3.8) is 0 Å². The lowest BCUT2D eigenvalue weighted by Crippen LogP contribution is -2.36. The van der Waals surface area contributed by atoms with Gasteiger partial charge >= 0.3 is 5.97 Å². The minimum absolute atomic E-state index is 0.252. The summed E-state index contributed by atoms with van der Waals surface area (Å²) in [7, 11) is 0. The minimum Gasteiger partial charge on any atom is -0.481 e. The Labute approximate surface area is 150 Å². The van der Waals surface area contributed by atoms with Gasteiger partial charge in [0.2, 0.25) is 0 Å². The van der Waals surface area contributed by atoms with E-state index in [1.54, 1.807) is 17.1 Å². The minimum atomic E-state index is -0.705. The van der Waals surface area contributed by atoms with E-state index in [1.165, 1.54) is 0 Å². The fourth-order valence-corrected chi connectivity index (χ4v) is 3.23. The van der Waals surface area contributed by atoms with Crippen LogP contribution in [0.15, 0.2) is 55.0 Å². The summed E-state index contributed by atoms with van der Waals surface area (Å²) in [5.41, 5.74) is 1.86. The predicted octanol–water partition coefficient (Wildman–Crippen LogP) is 2.63. The number of hydrogen-bond acceptors (Lipinski definition) is 5. The molecule has 0 unspecified atom stereocenters. The van der Waals surface area contributed by atoms with Gasteiger partial charge in [-0.1, -0.05) is 12.1 Å². The monoisotopic (exact) mass is 349 g/mol. The summed E-state index contributed by atoms with van der Waals surface area (Å²) < 4.78 is 1.80. The van der Waals surface area contributed by atoms with Crippen molar-refractivity contribution in [2.45, 2.75) is 12.8 Å². The SMILES string of the molecule is O=C(O)C1CCN(c2ccnc(-c3cccc(-n4cccn4)c3)n2)CC1. The second-order valence-corrected chi connectivity index (χ2v) is 6.34. The Morgan fingerprint density at radius 1 is 1.12 bits per heavy atom. The molecule has 1 aliphatic rings. The molecule has 0 bridgehead atoms. The van der Waals surface area contributed by atoms with Crippen LogP contribution < -0.4 is 4.90 Å². The number of nitrogens with zero attached hydrogens (tertiary/aromatic N) is 5. The number of hydrogen-bond donors (Lipinski definition) is 1. The fraction of sp³-hybridized carbons (Fsp3) is 0.263. The molecule has 0 amide bonds. The molecule has 1 fully saturated rings. The van der Waals surface area contributed by atoms with E-state index in [0.717, 1.165) is 17.1 Å². The lowest BCUT2D eigenvalue weighted by molar-refractivity contribution is -0.142. The molecule has 7 heteroatoms. The van der Waals surface area contributed by atoms with Crippen LogP contribution in [0.1, 0.15) is 12.8 Å². The maximum atomic E-state index is 11.1. The van der Waals surface area contributed by atoms with Gasteiger partial charge in [-0.05, 0) is 37.1 Å². The van der Waals surface area contributed by atoms with Crippen molar-refractivity contribution >= 4 is 11.8 Å². The van der Waals surface area contributed by atoms with Crippen molar-refractivity contribution in [1.29, 1.82) is 0 Å². The van der Waals surface area contributed by atoms with E-state index in [2.05, 4.69) is 15.0 Å². The van der Waals surface area contributed by atoms with Crippen LogP contribution in [-0.4, -0.2) is 43.9 Å². The van der Waals surface area contributed by atoms with Crippen molar-refractivity contribution in [3.05, 3.63) is 55.0 Å². The highest BCUT2D eigenvalue weighted by Crippen LogP contribution is 2.24. The number of piperidine rings is 1. The first-order valence-corrected chi connectivity index (χ1v) is 8.62. The number of benzene rings is 1. The summed E-state index contributed by atoms with van der Waals surface area (Å²) in [5.74, 6) is 0.530. The Hall–Kier alpha value is -3.22. The third-order valence-corrected chi connectivity index (χ3v) is 4.68. The van der Waals surface area contributed by atoms with Gasteiger partial charge in [-0.15, -0.1) is 0 Å². The van der Waals surface area contributed by atoms with Crippen LogP contribution in [0.3, 0.4) is 0 Å². The highest BCUT2D eigenvalue weighted by atomic mass is 16.4. The second kappa shape index (κ2) is 6.95. The quantitative estimate of drug-likeness (QED) is 0.779. The van der Waals surface area contributed by atoms with Crippen molar-refractivity contribution < 1.29 is 9.90 Å². The molecule has 0 atom stereocenters. The molecule has 4 rings (SSSR count). The Bertz CT molecular complexity index is 902. The zero-order valence-electron chi connectivity index (χ0n) is 14.2. The van der Waals surface area contributed by atoms with Gasteiger partial charge in [0.05, 0.1) is 11.6 Å². The van der Waals surface area contributed by atoms with E-state index in [1.807, 2.05) is 42.6 Å². The van der Waals surface area contributed by atoms with Crippen molar-refractivity contribution in [2.24, 2.45) is 5.92 Å². The standard InChI is InChI=1S/C19H19N5O2/c25-19(26)14-6-11-23(12-7-14)17-5-9-20-18(22-17)15-3-1-4-16(13-15)24-10-2-8-21-24/h1-5,8-10,13-14H,6-7,11-12H2,(H,25,26). The summed E-state index contributed by atoms with van der Waals surface area (Å²) in [5, 5.41) is 13.4. The van der Waals surface area contributed by atoms with Crippen LogP contribution in [0.4, 0.5) is 5.82 Å². The van der Waals surface area contributed by atoms with Gasteiger partial charge in [-0.3, -0.25) is 4.79 Å². The lowest BCUT2D eigenvalue weighted by atomic mass is 9.97. The largest absolute Gasteiger partial charge is 0.481 e. The van der Waals surface area contributed by atoms with Crippen LogP contribution in [0, 0.1) is 5.92 Å². The van der Waals surface area contributed by atoms with Crippen molar-refractivity contribution in [3.8, 4) is 17.1 Å². The molecule has 3 aromatic rings. The Balaban J connectivity index is 1.57. The average molecular weight is 349 g/mol. The van der Waals surface area contributed by atoms with Gasteiger partial charge < -0.3 is 10.0 Å². The molecule has 2 aromatic heterocycles. The molecular formula is C19H19N5O2. The molecule has 0 saturated carbocycles. The van der Waals surface area contributed by atoms with Gasteiger partial charge in [-0.25, -0.2) is 14.6 Å². The van der Waals surface area contributed by atoms with Crippen LogP contribution in [0.25, 0.3) is 17.1 Å². The summed E-state index contributed by atoms with van der Waals surface area (Å²) >= 11 is 0. The Kier molecular flexibility index (Phi) is 4.35. The van der Waals surface area contributed by atoms with Gasteiger partial charge in [0.25, 0.3) is 0 Å². The Morgan fingerprint density at radius 3 is 2.69 bits per heavy atom. The molecule has 1 aromatic carbocycles. The number of carboxylic acids is 1. The molecule has 1 aliphatic heterocycles. The van der Waals surface area contributed by atoms with E-state index in [-0.39, 0.29) is 5.92 Å². The molecule has 26 heavy (non-hydrogen) atoms. The molecule has 1 N–H and O–H groups in total. The third kappa shape index (κ3) is 3.28. The van der Waals surface area contributed by atoms with Gasteiger partial charge in [-0.2, -0.15) is 5.10 Å². The van der Waals surface area contributed by atoms with Gasteiger partial charge in [0.15, 0.2) is 5.82 Å². The van der Waals surface area contributed by atoms with Gasteiger partial charge in [0, 0.05) is 37.2 Å². The number of aromatic nitrogens is 4. The van der Waals surface area contributed by atoms with E-state index in [9.17, 15) is 4.79 Å². The van der Waals surface area contributed by atoms with E-state index in [4.69, 9.17) is 10.1 Å². The zero-order valence-corrected chi connectivity index (χ0v) is 14.2. The molecule has 0 spiro atoms. The van der Waals surface area contributed by atoms with E-state index in [0.29, 0.717) is 31.8 Å². The molecule has 7 nitrogen and oxygen atoms in total. The van der Waals surface area contributed by atoms with Crippen LogP contribution in [0.2, 0.25) is 0 Å². The van der Waals surface area contributed by atoms with E-state index < -0.39 is 5.97 Å². The smallest absolute Gasteiger partial charge is 0.306 e. The number of aliphatic carboxylic acids is 1. The fourth-order valence-electron chi connectivity index (χ4n) is 3.23. The highest BCUT2D eigenvalue weighted by molar-refractivity contribution is 5.70. The van der Waals surface area contributed by atoms with Crippen LogP contribution in [-0.2, 0) is 4.79 Å². The van der Waals surface area contributed by atoms with Crippen molar-refractivity contribution in [2.75, 3.05) is 18.0 Å². The van der Waals surface area contributed by atoms with Gasteiger partial charge in [0.1, 0.15) is 5.82 Å². The maximum absolute atomic E-state index is 11.1. The predicted molar refractivity (Wildman–Crippen MR) is 97.2 cm³/mol. The molecule has 132 valence electrons. The lowest BCUT2D eigenvalue weighted by Gasteiger charge is -2.31. The third-order valence-electron chi connectivity index (χ3n) is 4.68. The molecule has 3 heterocycles. The number of rotatable bonds is 4.